The third-order valence-electron chi connectivity index (χ3n) is 7.79. The maximum atomic E-state index is 12.2. The minimum atomic E-state index is -1.38. The highest BCUT2D eigenvalue weighted by atomic mass is 16.7. The van der Waals surface area contributed by atoms with Crippen LogP contribution >= 0.6 is 0 Å². The largest absolute Gasteiger partial charge is 0.497 e. The van der Waals surface area contributed by atoms with Crippen molar-refractivity contribution in [3.8, 4) is 23.3 Å². The highest BCUT2D eigenvalue weighted by Crippen LogP contribution is 2.44. The van der Waals surface area contributed by atoms with Crippen LogP contribution in [-0.2, 0) is 49.5 Å². The highest BCUT2D eigenvalue weighted by Gasteiger charge is 2.53. The van der Waals surface area contributed by atoms with Gasteiger partial charge >= 0.3 is 23.9 Å². The van der Waals surface area contributed by atoms with Gasteiger partial charge in [-0.05, 0) is 23.8 Å². The van der Waals surface area contributed by atoms with Crippen molar-refractivity contribution in [3.05, 3.63) is 76.9 Å². The highest BCUT2D eigenvalue weighted by molar-refractivity contribution is 5.69. The molecule has 1 unspecified atom stereocenters. The number of nitrogens with zero attached hydrogens (tertiary/aromatic N) is 4. The summed E-state index contributed by atoms with van der Waals surface area (Å²) in [7, 11) is 1.55. The van der Waals surface area contributed by atoms with Gasteiger partial charge in [0.05, 0.1) is 19.2 Å². The molecule has 17 heteroatoms. The molecule has 0 spiro atoms. The first kappa shape index (κ1) is 36.1. The molecular weight excluding hydrogens is 670 g/mol. The summed E-state index contributed by atoms with van der Waals surface area (Å²) in [4.78, 5) is 48.0. The van der Waals surface area contributed by atoms with E-state index in [9.17, 15) is 24.4 Å². The van der Waals surface area contributed by atoms with Gasteiger partial charge in [-0.1, -0.05) is 23.4 Å². The minimum Gasteiger partial charge on any atom is -0.497 e. The zero-order valence-electron chi connectivity index (χ0n) is 28.3. The Morgan fingerprint density at radius 3 is 2.29 bits per heavy atom. The zero-order valence-corrected chi connectivity index (χ0v) is 28.3. The van der Waals surface area contributed by atoms with Crippen LogP contribution in [0.5, 0.6) is 17.2 Å². The zero-order chi connectivity index (χ0) is 36.8. The Balaban J connectivity index is 1.39. The fourth-order valence-corrected chi connectivity index (χ4v) is 5.77. The van der Waals surface area contributed by atoms with Gasteiger partial charge in [-0.3, -0.25) is 19.2 Å². The molecule has 2 N–H and O–H groups in total. The maximum absolute atomic E-state index is 12.2. The van der Waals surface area contributed by atoms with Gasteiger partial charge in [0.2, 0.25) is 5.88 Å². The lowest BCUT2D eigenvalue weighted by molar-refractivity contribution is -0.270. The van der Waals surface area contributed by atoms with E-state index in [-0.39, 0.29) is 18.1 Å². The van der Waals surface area contributed by atoms with Crippen LogP contribution in [0.4, 0.5) is 0 Å². The van der Waals surface area contributed by atoms with Crippen molar-refractivity contribution in [2.75, 3.05) is 13.7 Å². The molecule has 0 saturated carbocycles. The number of aromatic nitrogens is 3. The smallest absolute Gasteiger partial charge is 0.303 e. The van der Waals surface area contributed by atoms with Crippen LogP contribution in [0, 0.1) is 11.3 Å². The summed E-state index contributed by atoms with van der Waals surface area (Å²) in [6.45, 7) is 4.09. The van der Waals surface area contributed by atoms with Crippen molar-refractivity contribution < 1.29 is 57.1 Å². The molecule has 3 heterocycles. The average molecular weight is 706 g/mol. The SMILES string of the molecule is COc1cccc(C2C(C#N)=C(N)Oc3cc(OCc4cn([C@@H]5O[C@H](COC(C)=O)[C@@H](OC(C)=O)[C@H](OC(C)=O)[C@H]5OC(C)=O)nn4)ccc32)c1. The Bertz CT molecular complexity index is 1880. The van der Waals surface area contributed by atoms with Crippen LogP contribution in [0.15, 0.2) is 60.1 Å². The molecule has 0 bridgehead atoms. The second-order valence-corrected chi connectivity index (χ2v) is 11.5. The lowest BCUT2D eigenvalue weighted by Gasteiger charge is -2.44. The molecule has 17 nitrogen and oxygen atoms in total. The monoisotopic (exact) mass is 705 g/mol. The summed E-state index contributed by atoms with van der Waals surface area (Å²) in [5, 5.41) is 18.2. The van der Waals surface area contributed by atoms with Gasteiger partial charge in [0.15, 0.2) is 24.5 Å². The Labute approximate surface area is 291 Å². The molecule has 268 valence electrons. The van der Waals surface area contributed by atoms with E-state index in [2.05, 4.69) is 16.4 Å². The van der Waals surface area contributed by atoms with Crippen molar-refractivity contribution in [1.82, 2.24) is 15.0 Å². The molecular formula is C34H35N5O12. The second-order valence-electron chi connectivity index (χ2n) is 11.5. The molecule has 5 rings (SSSR count). The molecule has 1 fully saturated rings. The number of methoxy groups -OCH3 is 1. The van der Waals surface area contributed by atoms with Gasteiger partial charge in [0.1, 0.15) is 53.9 Å². The Hall–Kier alpha value is -6.15. The van der Waals surface area contributed by atoms with Crippen molar-refractivity contribution in [1.29, 1.82) is 5.26 Å². The van der Waals surface area contributed by atoms with E-state index in [1.807, 2.05) is 18.2 Å². The predicted molar refractivity (Wildman–Crippen MR) is 170 cm³/mol. The number of ether oxygens (including phenoxy) is 8. The maximum Gasteiger partial charge on any atom is 0.303 e. The fraction of sp³-hybridized carbons (Fsp3) is 0.382. The first-order valence-corrected chi connectivity index (χ1v) is 15.6. The van der Waals surface area contributed by atoms with Gasteiger partial charge < -0.3 is 43.6 Å². The molecule has 2 aromatic carbocycles. The first-order chi connectivity index (χ1) is 24.4. The summed E-state index contributed by atoms with van der Waals surface area (Å²) in [6, 6.07) is 14.6. The number of rotatable bonds is 11. The molecule has 6 atom stereocenters. The molecule has 0 amide bonds. The van der Waals surface area contributed by atoms with E-state index in [0.29, 0.717) is 28.5 Å². The number of fused-ring (bicyclic) bond motifs is 1. The fourth-order valence-electron chi connectivity index (χ4n) is 5.77. The summed E-state index contributed by atoms with van der Waals surface area (Å²) in [5.41, 5.74) is 8.20. The van der Waals surface area contributed by atoms with Crippen LogP contribution in [0.2, 0.25) is 0 Å². The molecule has 1 saturated heterocycles. The topological polar surface area (TPSA) is 223 Å². The quantitative estimate of drug-likeness (QED) is 0.223. The molecule has 1 aromatic heterocycles. The van der Waals surface area contributed by atoms with Crippen LogP contribution in [0.25, 0.3) is 0 Å². The molecule has 2 aliphatic heterocycles. The third kappa shape index (κ3) is 8.36. The number of nitriles is 1. The predicted octanol–water partition coefficient (Wildman–Crippen LogP) is 2.34. The minimum absolute atomic E-state index is 0.0391. The number of carbonyl (C=O) groups excluding carboxylic acids is 4. The van der Waals surface area contributed by atoms with E-state index in [1.165, 1.54) is 17.8 Å². The van der Waals surface area contributed by atoms with E-state index in [4.69, 9.17) is 43.6 Å². The third-order valence-corrected chi connectivity index (χ3v) is 7.79. The van der Waals surface area contributed by atoms with Crippen LogP contribution in [-0.4, -0.2) is 77.0 Å². The number of hydrogen-bond acceptors (Lipinski definition) is 16. The van der Waals surface area contributed by atoms with Gasteiger partial charge in [0.25, 0.3) is 0 Å². The number of nitrogens with two attached hydrogens (primary N) is 1. The van der Waals surface area contributed by atoms with E-state index in [0.717, 1.165) is 26.3 Å². The van der Waals surface area contributed by atoms with Crippen molar-refractivity contribution in [2.24, 2.45) is 5.73 Å². The van der Waals surface area contributed by atoms with Crippen LogP contribution in [0.3, 0.4) is 0 Å². The number of allylic oxidation sites excluding steroid dienone is 1. The van der Waals surface area contributed by atoms with Crippen molar-refractivity contribution in [2.45, 2.75) is 70.9 Å². The molecule has 51 heavy (non-hydrogen) atoms. The molecule has 2 aliphatic rings. The van der Waals surface area contributed by atoms with E-state index >= 15 is 0 Å². The standard InChI is InChI=1S/C34H35N5O12/c1-17(40)45-16-28-30(47-18(2)41)31(48-19(3)42)32(49-20(4)43)34(51-28)39-14-22(37-38-39)15-46-24-9-10-25-27(12-24)50-33(36)26(13-35)29(25)21-7-6-8-23(11-21)44-5/h6-12,14,28-32,34H,15-16,36H2,1-5H3/t28-,29?,30-,31+,32-,34-/m1/s1. The van der Waals surface area contributed by atoms with Gasteiger partial charge in [-0.2, -0.15) is 5.26 Å². The van der Waals surface area contributed by atoms with Gasteiger partial charge in [-0.25, -0.2) is 4.68 Å². The molecule has 3 aromatic rings. The summed E-state index contributed by atoms with van der Waals surface area (Å²) in [6.07, 6.45) is -5.05. The second kappa shape index (κ2) is 15.6. The lowest BCUT2D eigenvalue weighted by Crippen LogP contribution is -2.60. The van der Waals surface area contributed by atoms with Gasteiger partial charge in [-0.15, -0.1) is 5.10 Å². The first-order valence-electron chi connectivity index (χ1n) is 15.6. The van der Waals surface area contributed by atoms with Crippen LogP contribution in [0.1, 0.15) is 56.7 Å². The van der Waals surface area contributed by atoms with Crippen molar-refractivity contribution >= 4 is 23.9 Å². The summed E-state index contributed by atoms with van der Waals surface area (Å²) in [5.74, 6) is -2.07. The van der Waals surface area contributed by atoms with Crippen molar-refractivity contribution in [3.63, 3.8) is 0 Å². The number of benzene rings is 2. The summed E-state index contributed by atoms with van der Waals surface area (Å²) >= 11 is 0. The molecule has 0 aliphatic carbocycles. The number of esters is 4. The molecule has 0 radical (unpaired) electrons. The van der Waals surface area contributed by atoms with Gasteiger partial charge in [0, 0.05) is 39.3 Å². The summed E-state index contributed by atoms with van der Waals surface area (Å²) < 4.78 is 46.0. The Kier molecular flexibility index (Phi) is 11.1. The Morgan fingerprint density at radius 2 is 1.63 bits per heavy atom. The Morgan fingerprint density at radius 1 is 0.922 bits per heavy atom. The lowest BCUT2D eigenvalue weighted by atomic mass is 9.83. The average Bonchev–Trinajstić information content (AvgIpc) is 3.55. The number of carbonyl (C=O) groups is 4. The normalized spacial score (nSPS) is 22.4. The van der Waals surface area contributed by atoms with E-state index in [1.54, 1.807) is 31.4 Å². The number of hydrogen-bond donors (Lipinski definition) is 1. The van der Waals surface area contributed by atoms with Crippen LogP contribution < -0.4 is 19.9 Å². The van der Waals surface area contributed by atoms with E-state index < -0.39 is 67.0 Å².